The fraction of sp³-hybridized carbons (Fsp3) is 0.409. The second-order valence-corrected chi connectivity index (χ2v) is 8.47. The van der Waals surface area contributed by atoms with Crippen LogP contribution >= 0.6 is 0 Å². The molecule has 3 rings (SSSR count). The number of primary amides is 1. The third-order valence-corrected chi connectivity index (χ3v) is 4.82. The number of halogens is 1. The lowest BCUT2D eigenvalue weighted by atomic mass is 9.92. The highest BCUT2D eigenvalue weighted by Gasteiger charge is 2.21. The molecule has 1 heterocycles. The first-order chi connectivity index (χ1) is 12.2. The molecule has 0 unspecified atom stereocenters. The van der Waals surface area contributed by atoms with Crippen molar-refractivity contribution in [2.75, 3.05) is 11.4 Å². The molecule has 0 saturated carbocycles. The van der Waals surface area contributed by atoms with Crippen LogP contribution in [0.3, 0.4) is 0 Å². The summed E-state index contributed by atoms with van der Waals surface area (Å²) in [5.74, 6) is 0.00938. The first kappa shape index (κ1) is 18.6. The molecule has 4 heteroatoms. The topological polar surface area (TPSA) is 36.9 Å². The highest BCUT2D eigenvalue weighted by Crippen LogP contribution is 2.27. The lowest BCUT2D eigenvalue weighted by Gasteiger charge is -2.31. The van der Waals surface area contributed by atoms with Gasteiger partial charge in [-0.1, -0.05) is 26.8 Å². The minimum atomic E-state index is -0.159. The maximum absolute atomic E-state index is 13.4. The van der Waals surface area contributed by atoms with Crippen LogP contribution in [0.25, 0.3) is 0 Å². The molecule has 2 aromatic carbocycles. The Hall–Kier alpha value is -2.20. The van der Waals surface area contributed by atoms with Gasteiger partial charge in [-0.2, -0.15) is 0 Å². The smallest absolute Gasteiger partial charge is 0.315 e. The molecule has 2 aromatic rings. The van der Waals surface area contributed by atoms with Crippen molar-refractivity contribution in [2.24, 2.45) is 5.41 Å². The van der Waals surface area contributed by atoms with Crippen molar-refractivity contribution in [3.8, 4) is 0 Å². The van der Waals surface area contributed by atoms with E-state index in [0.29, 0.717) is 6.42 Å². The Morgan fingerprint density at radius 3 is 2.62 bits per heavy atom. The molecule has 3 nitrogen and oxygen atoms in total. The van der Waals surface area contributed by atoms with Gasteiger partial charge in [0, 0.05) is 30.4 Å². The minimum absolute atomic E-state index is 0.00208. The molecular formula is C22H28FN2O+. The molecule has 0 atom stereocenters. The second-order valence-electron chi connectivity index (χ2n) is 8.47. The van der Waals surface area contributed by atoms with E-state index in [9.17, 15) is 9.18 Å². The van der Waals surface area contributed by atoms with E-state index >= 15 is 0 Å². The van der Waals surface area contributed by atoms with Crippen LogP contribution in [0.1, 0.15) is 43.9 Å². The molecule has 1 aliphatic heterocycles. The van der Waals surface area contributed by atoms with Gasteiger partial charge in [0.2, 0.25) is 0 Å². The number of carbonyl (C=O) groups is 1. The second kappa shape index (κ2) is 7.20. The van der Waals surface area contributed by atoms with Crippen molar-refractivity contribution < 1.29 is 14.5 Å². The van der Waals surface area contributed by atoms with Crippen molar-refractivity contribution in [1.29, 1.82) is 0 Å². The largest absolute Gasteiger partial charge is 0.367 e. The summed E-state index contributed by atoms with van der Waals surface area (Å²) in [6.45, 7) is 9.95. The van der Waals surface area contributed by atoms with Crippen LogP contribution < -0.4 is 10.2 Å². The molecule has 0 saturated heterocycles. The van der Waals surface area contributed by atoms with Crippen molar-refractivity contribution in [3.63, 3.8) is 0 Å². The average Bonchev–Trinajstić information content (AvgIpc) is 2.54. The Labute approximate surface area is 155 Å². The van der Waals surface area contributed by atoms with Crippen LogP contribution in [0.4, 0.5) is 15.8 Å². The predicted molar refractivity (Wildman–Crippen MR) is 103 cm³/mol. The number of nitrogens with zero attached hydrogens (tertiary/aromatic N) is 1. The fourth-order valence-electron chi connectivity index (χ4n) is 3.51. The third-order valence-electron chi connectivity index (χ3n) is 4.82. The molecule has 2 N–H and O–H groups in total. The number of quaternary nitrogens is 1. The fourth-order valence-corrected chi connectivity index (χ4v) is 3.51. The highest BCUT2D eigenvalue weighted by atomic mass is 19.1. The van der Waals surface area contributed by atoms with E-state index in [0.717, 1.165) is 42.0 Å². The summed E-state index contributed by atoms with van der Waals surface area (Å²) in [7, 11) is 0. The van der Waals surface area contributed by atoms with Gasteiger partial charge in [-0.15, -0.1) is 0 Å². The zero-order valence-electron chi connectivity index (χ0n) is 16.1. The molecule has 0 fully saturated rings. The minimum Gasteiger partial charge on any atom is -0.367 e. The van der Waals surface area contributed by atoms with Crippen molar-refractivity contribution >= 4 is 17.3 Å². The quantitative estimate of drug-likeness (QED) is 0.849. The van der Waals surface area contributed by atoms with E-state index in [-0.39, 0.29) is 17.1 Å². The van der Waals surface area contributed by atoms with E-state index in [1.54, 1.807) is 11.4 Å². The van der Waals surface area contributed by atoms with Crippen molar-refractivity contribution in [2.45, 2.75) is 47.1 Å². The summed E-state index contributed by atoms with van der Waals surface area (Å²) < 4.78 is 13.4. The zero-order chi connectivity index (χ0) is 18.9. The molecule has 0 bridgehead atoms. The standard InChI is InChI=1S/C22H27FN2O/c1-15-11-19(7-8-20(15)24-21(26)13-22(2,3)4)25-10-9-16-12-18(23)6-5-17(16)14-25/h5-8,11-12H,9-10,13-14H2,1-4H3,(H,24,26)/p+1. The van der Waals surface area contributed by atoms with Crippen LogP contribution in [-0.2, 0) is 17.8 Å². The normalized spacial score (nSPS) is 14.3. The first-order valence-corrected chi connectivity index (χ1v) is 9.22. The summed E-state index contributed by atoms with van der Waals surface area (Å²) in [5.41, 5.74) is 5.54. The molecular weight excluding hydrogens is 327 g/mol. The van der Waals surface area contributed by atoms with E-state index in [2.05, 4.69) is 37.8 Å². The summed E-state index contributed by atoms with van der Waals surface area (Å²) in [4.78, 5) is 14.5. The van der Waals surface area contributed by atoms with Crippen LogP contribution in [0.5, 0.6) is 0 Å². The number of benzene rings is 2. The number of aryl methyl sites for hydroxylation is 1. The molecule has 138 valence electrons. The zero-order valence-corrected chi connectivity index (χ0v) is 16.1. The number of nitrogens with two attached hydrogens (primary N) is 1. The number of anilines is 1. The molecule has 0 radical (unpaired) electrons. The van der Waals surface area contributed by atoms with Gasteiger partial charge in [0.1, 0.15) is 11.5 Å². The lowest BCUT2D eigenvalue weighted by Crippen LogP contribution is -2.83. The summed E-state index contributed by atoms with van der Waals surface area (Å²) in [5, 5.41) is 1.76. The Balaban J connectivity index is 1.72. The van der Waals surface area contributed by atoms with Crippen LogP contribution in [0, 0.1) is 18.2 Å². The SMILES string of the molecule is Cc1cc(N2CCc3cc(F)ccc3C2)ccc1[NH2+]C(=O)CC(C)(C)C. The summed E-state index contributed by atoms with van der Waals surface area (Å²) >= 11 is 0. The van der Waals surface area contributed by atoms with Gasteiger partial charge in [0.25, 0.3) is 0 Å². The van der Waals surface area contributed by atoms with Gasteiger partial charge in [0.15, 0.2) is 0 Å². The van der Waals surface area contributed by atoms with Gasteiger partial charge in [0.05, 0.1) is 6.42 Å². The monoisotopic (exact) mass is 355 g/mol. The maximum Gasteiger partial charge on any atom is 0.315 e. The predicted octanol–water partition coefficient (Wildman–Crippen LogP) is 3.85. The number of carbonyl (C=O) groups excluding carboxylic acids is 1. The molecule has 0 spiro atoms. The van der Waals surface area contributed by atoms with Gasteiger partial charge in [-0.05, 0) is 54.2 Å². The van der Waals surface area contributed by atoms with E-state index < -0.39 is 0 Å². The number of amides is 1. The van der Waals surface area contributed by atoms with E-state index in [1.807, 2.05) is 19.1 Å². The van der Waals surface area contributed by atoms with Gasteiger partial charge in [-0.3, -0.25) is 5.32 Å². The van der Waals surface area contributed by atoms with E-state index in [4.69, 9.17) is 0 Å². The Kier molecular flexibility index (Phi) is 5.15. The van der Waals surface area contributed by atoms with Crippen LogP contribution in [-0.4, -0.2) is 12.5 Å². The Bertz CT molecular complexity index is 823. The average molecular weight is 355 g/mol. The summed E-state index contributed by atoms with van der Waals surface area (Å²) in [6.07, 6.45) is 1.40. The molecule has 26 heavy (non-hydrogen) atoms. The Morgan fingerprint density at radius 1 is 1.15 bits per heavy atom. The molecule has 0 aliphatic carbocycles. The third kappa shape index (κ3) is 4.50. The van der Waals surface area contributed by atoms with Crippen LogP contribution in [0.2, 0.25) is 0 Å². The molecule has 0 aromatic heterocycles. The maximum atomic E-state index is 13.4. The van der Waals surface area contributed by atoms with E-state index in [1.165, 1.54) is 11.6 Å². The summed E-state index contributed by atoms with van der Waals surface area (Å²) in [6, 6.07) is 11.3. The van der Waals surface area contributed by atoms with Crippen LogP contribution in [0.15, 0.2) is 36.4 Å². The van der Waals surface area contributed by atoms with Gasteiger partial charge < -0.3 is 4.90 Å². The number of hydrogen-bond donors (Lipinski definition) is 1. The van der Waals surface area contributed by atoms with Gasteiger partial charge >= 0.3 is 5.91 Å². The number of hydrogen-bond acceptors (Lipinski definition) is 2. The lowest BCUT2D eigenvalue weighted by molar-refractivity contribution is -0.485. The van der Waals surface area contributed by atoms with Crippen molar-refractivity contribution in [3.05, 3.63) is 58.9 Å². The van der Waals surface area contributed by atoms with Crippen molar-refractivity contribution in [1.82, 2.24) is 0 Å². The first-order valence-electron chi connectivity index (χ1n) is 9.22. The molecule has 1 amide bonds. The Morgan fingerprint density at radius 2 is 1.92 bits per heavy atom. The molecule has 1 aliphatic rings. The number of rotatable bonds is 3. The number of fused-ring (bicyclic) bond motifs is 1. The van der Waals surface area contributed by atoms with Gasteiger partial charge in [-0.25, -0.2) is 9.18 Å². The highest BCUT2D eigenvalue weighted by molar-refractivity contribution is 5.70.